The van der Waals surface area contributed by atoms with Gasteiger partial charge in [0.25, 0.3) is 0 Å². The predicted molar refractivity (Wildman–Crippen MR) is 135 cm³/mol. The second-order valence-corrected chi connectivity index (χ2v) is 8.97. The summed E-state index contributed by atoms with van der Waals surface area (Å²) < 4.78 is 50.6. The third-order valence-corrected chi connectivity index (χ3v) is 6.26. The van der Waals surface area contributed by atoms with Crippen LogP contribution in [0.3, 0.4) is 0 Å². The first-order valence-electron chi connectivity index (χ1n) is 11.4. The number of hydrogen-bond donors (Lipinski definition) is 1. The lowest BCUT2D eigenvalue weighted by atomic mass is 9.77. The average molecular weight is 483 g/mol. The lowest BCUT2D eigenvalue weighted by Crippen LogP contribution is -2.41. The monoisotopic (exact) mass is 483 g/mol. The smallest absolute Gasteiger partial charge is 0.399 e. The highest BCUT2D eigenvalue weighted by Crippen LogP contribution is 2.37. The van der Waals surface area contributed by atoms with E-state index in [2.05, 4.69) is 5.32 Å². The van der Waals surface area contributed by atoms with Gasteiger partial charge in [-0.2, -0.15) is 13.2 Å². The zero-order chi connectivity index (χ0) is 25.4. The Labute approximate surface area is 202 Å². The molecule has 0 radical (unpaired) electrons. The van der Waals surface area contributed by atoms with Crippen molar-refractivity contribution in [2.24, 2.45) is 0 Å². The van der Waals surface area contributed by atoms with Crippen LogP contribution >= 0.6 is 11.8 Å². The number of hydrogen-bond acceptors (Lipinski definition) is 4. The zero-order valence-electron chi connectivity index (χ0n) is 21.2. The first kappa shape index (κ1) is 29.4. The first-order valence-corrected chi connectivity index (χ1v) is 12.6. The molecule has 0 spiro atoms. The molecule has 1 heterocycles. The van der Waals surface area contributed by atoms with Crippen molar-refractivity contribution < 1.29 is 22.5 Å². The lowest BCUT2D eigenvalue weighted by Gasteiger charge is -2.32. The highest BCUT2D eigenvalue weighted by atomic mass is 32.2. The summed E-state index contributed by atoms with van der Waals surface area (Å²) in [5.41, 5.74) is 0.897. The van der Waals surface area contributed by atoms with Gasteiger partial charge < -0.3 is 14.6 Å². The van der Waals surface area contributed by atoms with Crippen molar-refractivity contribution in [3.63, 3.8) is 0 Å². The van der Waals surface area contributed by atoms with Gasteiger partial charge in [-0.3, -0.25) is 0 Å². The molecule has 2 aromatic rings. The molecule has 1 N–H and O–H groups in total. The van der Waals surface area contributed by atoms with Crippen LogP contribution in [-0.2, 0) is 22.0 Å². The van der Waals surface area contributed by atoms with Crippen LogP contribution in [0.4, 0.5) is 18.9 Å². The van der Waals surface area contributed by atoms with E-state index in [0.29, 0.717) is 6.54 Å². The van der Waals surface area contributed by atoms with Gasteiger partial charge in [0.15, 0.2) is 0 Å². The minimum Gasteiger partial charge on any atom is -0.399 e. The van der Waals surface area contributed by atoms with E-state index in [1.54, 1.807) is 11.8 Å². The Hall–Kier alpha value is -1.64. The number of thioether (sulfide) groups is 1. The van der Waals surface area contributed by atoms with E-state index >= 15 is 0 Å². The van der Waals surface area contributed by atoms with Crippen molar-refractivity contribution in [2.45, 2.75) is 84.2 Å². The number of rotatable bonds is 5. The molecule has 184 valence electrons. The molecule has 0 bridgehead atoms. The van der Waals surface area contributed by atoms with Gasteiger partial charge >= 0.3 is 13.3 Å². The fourth-order valence-electron chi connectivity index (χ4n) is 3.00. The van der Waals surface area contributed by atoms with Crippen LogP contribution in [0.15, 0.2) is 47.4 Å². The van der Waals surface area contributed by atoms with Crippen LogP contribution in [0.2, 0.25) is 0 Å². The molecule has 0 atom stereocenters. The normalized spacial score (nSPS) is 16.3. The molecule has 1 saturated heterocycles. The molecule has 1 fully saturated rings. The maximum Gasteiger partial charge on any atom is 0.497 e. The van der Waals surface area contributed by atoms with Crippen molar-refractivity contribution in [3.05, 3.63) is 53.6 Å². The standard InChI is InChI=1S/C21H25BF3NO2S.2C2H6/c1-19(2)20(3,4)28-22(27-19)17-12-16(29-5)10-11-18(17)26-13-14-6-8-15(9-7-14)21(23,24)25;2*1-2/h6-12,26H,13H2,1-5H3;2*1-2H3. The maximum absolute atomic E-state index is 12.7. The van der Waals surface area contributed by atoms with Gasteiger partial charge in [0.2, 0.25) is 0 Å². The Kier molecular flexibility index (Phi) is 10.9. The van der Waals surface area contributed by atoms with Crippen molar-refractivity contribution >= 4 is 30.0 Å². The van der Waals surface area contributed by atoms with Gasteiger partial charge in [0.05, 0.1) is 16.8 Å². The summed E-state index contributed by atoms with van der Waals surface area (Å²) in [5.74, 6) is 0. The summed E-state index contributed by atoms with van der Waals surface area (Å²) in [7, 11) is -0.526. The number of benzene rings is 2. The van der Waals surface area contributed by atoms with Gasteiger partial charge in [-0.25, -0.2) is 0 Å². The van der Waals surface area contributed by atoms with E-state index in [9.17, 15) is 13.2 Å². The summed E-state index contributed by atoms with van der Waals surface area (Å²) >= 11 is 1.62. The third-order valence-electron chi connectivity index (χ3n) is 5.53. The Balaban J connectivity index is 0.00000129. The first-order chi connectivity index (χ1) is 15.4. The van der Waals surface area contributed by atoms with Crippen molar-refractivity contribution in [3.8, 4) is 0 Å². The number of nitrogens with one attached hydrogen (secondary N) is 1. The Morgan fingerprint density at radius 2 is 1.39 bits per heavy atom. The Morgan fingerprint density at radius 1 is 0.879 bits per heavy atom. The van der Waals surface area contributed by atoms with Crippen molar-refractivity contribution in [2.75, 3.05) is 11.6 Å². The molecule has 0 saturated carbocycles. The van der Waals surface area contributed by atoms with Gasteiger partial charge in [0.1, 0.15) is 0 Å². The number of anilines is 1. The van der Waals surface area contributed by atoms with Crippen LogP contribution in [-0.4, -0.2) is 24.6 Å². The van der Waals surface area contributed by atoms with Gasteiger partial charge in [0, 0.05) is 22.6 Å². The van der Waals surface area contributed by atoms with Crippen LogP contribution < -0.4 is 10.8 Å². The Bertz CT molecular complexity index is 855. The predicted octanol–water partition coefficient (Wildman–Crippen LogP) is 7.39. The summed E-state index contributed by atoms with van der Waals surface area (Å²) in [5, 5.41) is 3.32. The summed E-state index contributed by atoms with van der Waals surface area (Å²) in [4.78, 5) is 1.08. The van der Waals surface area contributed by atoms with Gasteiger partial charge in [-0.05, 0) is 69.8 Å². The summed E-state index contributed by atoms with van der Waals surface area (Å²) in [6.45, 7) is 16.4. The fourth-order valence-corrected chi connectivity index (χ4v) is 3.45. The summed E-state index contributed by atoms with van der Waals surface area (Å²) in [6, 6.07) is 11.2. The molecule has 0 aromatic heterocycles. The average Bonchev–Trinajstić information content (AvgIpc) is 3.01. The fraction of sp³-hybridized carbons (Fsp3) is 0.520. The SMILES string of the molecule is CC.CC.CSc1ccc(NCc2ccc(C(F)(F)F)cc2)c(B2OC(C)(C)C(C)(C)O2)c1. The quantitative estimate of drug-likeness (QED) is 0.355. The molecule has 0 unspecified atom stereocenters. The molecule has 1 aliphatic heterocycles. The zero-order valence-corrected chi connectivity index (χ0v) is 22.0. The minimum atomic E-state index is -4.33. The van der Waals surface area contributed by atoms with Crippen LogP contribution in [0.5, 0.6) is 0 Å². The largest absolute Gasteiger partial charge is 0.497 e. The molecule has 3 rings (SSSR count). The highest BCUT2D eigenvalue weighted by molar-refractivity contribution is 7.98. The minimum absolute atomic E-state index is 0.392. The third kappa shape index (κ3) is 7.42. The van der Waals surface area contributed by atoms with Crippen LogP contribution in [0.1, 0.15) is 66.5 Å². The molecule has 3 nitrogen and oxygen atoms in total. The second kappa shape index (κ2) is 12.2. The molecular weight excluding hydrogens is 446 g/mol. The number of alkyl halides is 3. The molecule has 1 aliphatic rings. The van der Waals surface area contributed by atoms with E-state index in [1.165, 1.54) is 12.1 Å². The van der Waals surface area contributed by atoms with Gasteiger partial charge in [-0.1, -0.05) is 39.8 Å². The molecule has 2 aromatic carbocycles. The summed E-state index contributed by atoms with van der Waals surface area (Å²) in [6.07, 6.45) is -2.33. The van der Waals surface area contributed by atoms with E-state index < -0.39 is 30.1 Å². The molecule has 33 heavy (non-hydrogen) atoms. The van der Waals surface area contributed by atoms with Gasteiger partial charge in [-0.15, -0.1) is 11.8 Å². The van der Waals surface area contributed by atoms with Crippen molar-refractivity contribution in [1.29, 1.82) is 0 Å². The van der Waals surface area contributed by atoms with E-state index in [4.69, 9.17) is 9.31 Å². The van der Waals surface area contributed by atoms with Crippen LogP contribution in [0, 0.1) is 0 Å². The maximum atomic E-state index is 12.7. The molecule has 0 amide bonds. The Morgan fingerprint density at radius 3 is 1.85 bits per heavy atom. The molecule has 8 heteroatoms. The number of halogens is 3. The van der Waals surface area contributed by atoms with E-state index in [1.807, 2.05) is 79.8 Å². The lowest BCUT2D eigenvalue weighted by molar-refractivity contribution is -0.137. The molecular formula is C25H37BF3NO2S. The van der Waals surface area contributed by atoms with E-state index in [-0.39, 0.29) is 0 Å². The van der Waals surface area contributed by atoms with Crippen LogP contribution in [0.25, 0.3) is 0 Å². The second-order valence-electron chi connectivity index (χ2n) is 8.09. The molecule has 0 aliphatic carbocycles. The highest BCUT2D eigenvalue weighted by Gasteiger charge is 2.52. The van der Waals surface area contributed by atoms with Crippen molar-refractivity contribution in [1.82, 2.24) is 0 Å². The topological polar surface area (TPSA) is 30.5 Å². The van der Waals surface area contributed by atoms with E-state index in [0.717, 1.165) is 33.7 Å².